The third kappa shape index (κ3) is 4.30. The summed E-state index contributed by atoms with van der Waals surface area (Å²) in [5.41, 5.74) is 8.88. The molecule has 0 radical (unpaired) electrons. The molecule has 0 atom stereocenters. The third-order valence-corrected chi connectivity index (χ3v) is 11.9. The molecule has 0 aliphatic heterocycles. The van der Waals surface area contributed by atoms with E-state index in [-0.39, 0.29) is 7.43 Å². The number of fused-ring (bicyclic) bond motifs is 13. The van der Waals surface area contributed by atoms with Gasteiger partial charge in [-0.2, -0.15) is 0 Å². The van der Waals surface area contributed by atoms with Crippen LogP contribution in [0.5, 0.6) is 0 Å². The van der Waals surface area contributed by atoms with Crippen LogP contribution in [0.15, 0.2) is 168 Å². The average molecular weight is 710 g/mol. The Kier molecular flexibility index (Phi) is 6.61. The van der Waals surface area contributed by atoms with Gasteiger partial charge in [-0.05, 0) is 58.8 Å². The highest BCUT2D eigenvalue weighted by Crippen LogP contribution is 2.48. The SMILES string of the molecule is C.c1ccc(-c2nc(-n3c4ccc5ccccc5c4c4c5oc6ccccc6c5cc(-c5ccc6sc7ccccc7c6c5)c43)nc3ccccc23)cc1. The fourth-order valence-electron chi connectivity index (χ4n) is 8.44. The lowest BCUT2D eigenvalue weighted by Gasteiger charge is -2.14. The van der Waals surface area contributed by atoms with Gasteiger partial charge in [0.05, 0.1) is 27.6 Å². The van der Waals surface area contributed by atoms with E-state index >= 15 is 0 Å². The zero-order valence-electron chi connectivity index (χ0n) is 28.2. The van der Waals surface area contributed by atoms with Crippen LogP contribution in [0.4, 0.5) is 0 Å². The first-order valence-corrected chi connectivity index (χ1v) is 18.6. The molecule has 0 bridgehead atoms. The summed E-state index contributed by atoms with van der Waals surface area (Å²) in [6, 6.07) is 58.2. The number of hydrogen-bond donors (Lipinski definition) is 0. The molecule has 0 amide bonds. The van der Waals surface area contributed by atoms with Crippen molar-refractivity contribution < 1.29 is 4.42 Å². The molecule has 0 saturated heterocycles. The van der Waals surface area contributed by atoms with E-state index in [0.717, 1.165) is 82.4 Å². The Morgan fingerprint density at radius 2 is 1.22 bits per heavy atom. The molecule has 4 heterocycles. The Bertz CT molecular complexity index is 3460. The van der Waals surface area contributed by atoms with Gasteiger partial charge in [0.1, 0.15) is 11.2 Å². The number of rotatable bonds is 3. The van der Waals surface area contributed by atoms with Gasteiger partial charge in [0.15, 0.2) is 0 Å². The smallest absolute Gasteiger partial charge is 0.235 e. The molecule has 54 heavy (non-hydrogen) atoms. The van der Waals surface area contributed by atoms with Gasteiger partial charge in [0.2, 0.25) is 5.95 Å². The molecule has 0 N–H and O–H groups in total. The number of thiophene rings is 1. The van der Waals surface area contributed by atoms with Crippen molar-refractivity contribution in [1.29, 1.82) is 0 Å². The maximum Gasteiger partial charge on any atom is 0.235 e. The van der Waals surface area contributed by atoms with Crippen molar-refractivity contribution in [1.82, 2.24) is 14.5 Å². The van der Waals surface area contributed by atoms with Crippen LogP contribution in [0.1, 0.15) is 7.43 Å². The summed E-state index contributed by atoms with van der Waals surface area (Å²) in [4.78, 5) is 10.8. The van der Waals surface area contributed by atoms with Crippen LogP contribution in [-0.2, 0) is 0 Å². The predicted octanol–water partition coefficient (Wildman–Crippen LogP) is 14.1. The molecule has 8 aromatic carbocycles. The summed E-state index contributed by atoms with van der Waals surface area (Å²) in [7, 11) is 0. The van der Waals surface area contributed by atoms with Crippen LogP contribution >= 0.6 is 11.3 Å². The molecule has 0 fully saturated rings. The number of para-hydroxylation sites is 2. The molecule has 4 aromatic heterocycles. The van der Waals surface area contributed by atoms with Crippen molar-refractivity contribution in [2.75, 3.05) is 0 Å². The summed E-state index contributed by atoms with van der Waals surface area (Å²) in [6.45, 7) is 0. The zero-order valence-corrected chi connectivity index (χ0v) is 29.1. The summed E-state index contributed by atoms with van der Waals surface area (Å²) in [5.74, 6) is 0.622. The molecule has 0 unspecified atom stereocenters. The number of aromatic nitrogens is 3. The van der Waals surface area contributed by atoms with Crippen molar-refractivity contribution >= 4 is 96.9 Å². The Morgan fingerprint density at radius 1 is 0.500 bits per heavy atom. The lowest BCUT2D eigenvalue weighted by Crippen LogP contribution is -2.04. The second-order valence-corrected chi connectivity index (χ2v) is 14.8. The van der Waals surface area contributed by atoms with Gasteiger partial charge in [-0.25, -0.2) is 9.97 Å². The van der Waals surface area contributed by atoms with Crippen molar-refractivity contribution in [2.24, 2.45) is 0 Å². The maximum absolute atomic E-state index is 6.89. The Morgan fingerprint density at radius 3 is 2.11 bits per heavy atom. The van der Waals surface area contributed by atoms with Crippen LogP contribution in [-0.4, -0.2) is 14.5 Å². The monoisotopic (exact) mass is 709 g/mol. The van der Waals surface area contributed by atoms with E-state index in [4.69, 9.17) is 14.4 Å². The highest BCUT2D eigenvalue weighted by Gasteiger charge is 2.26. The van der Waals surface area contributed by atoms with Crippen molar-refractivity contribution in [3.8, 4) is 28.3 Å². The topological polar surface area (TPSA) is 43.9 Å². The number of benzene rings is 8. The Labute approximate surface area is 314 Å². The maximum atomic E-state index is 6.89. The van der Waals surface area contributed by atoms with Gasteiger partial charge in [-0.15, -0.1) is 11.3 Å². The molecule has 0 aliphatic carbocycles. The molecular formula is C49H31N3OS. The highest BCUT2D eigenvalue weighted by atomic mass is 32.1. The van der Waals surface area contributed by atoms with E-state index in [2.05, 4.69) is 156 Å². The second kappa shape index (κ2) is 11.6. The molecule has 0 aliphatic rings. The van der Waals surface area contributed by atoms with Gasteiger partial charge < -0.3 is 4.42 Å². The van der Waals surface area contributed by atoms with E-state index in [1.54, 1.807) is 0 Å². The molecule has 4 nitrogen and oxygen atoms in total. The quantitative estimate of drug-likeness (QED) is 0.183. The van der Waals surface area contributed by atoms with Crippen LogP contribution in [0.3, 0.4) is 0 Å². The Hall–Kier alpha value is -6.82. The predicted molar refractivity (Wildman–Crippen MR) is 229 cm³/mol. The molecular weight excluding hydrogens is 679 g/mol. The van der Waals surface area contributed by atoms with E-state index in [1.165, 1.54) is 25.6 Å². The summed E-state index contributed by atoms with van der Waals surface area (Å²) >= 11 is 1.84. The van der Waals surface area contributed by atoms with Crippen molar-refractivity contribution in [3.05, 3.63) is 164 Å². The van der Waals surface area contributed by atoms with Gasteiger partial charge in [-0.3, -0.25) is 4.57 Å². The lowest BCUT2D eigenvalue weighted by atomic mass is 9.96. The molecule has 5 heteroatoms. The normalized spacial score (nSPS) is 11.9. The minimum absolute atomic E-state index is 0. The number of furan rings is 1. The van der Waals surface area contributed by atoms with Gasteiger partial charge in [0, 0.05) is 52.8 Å². The van der Waals surface area contributed by atoms with E-state index in [0.29, 0.717) is 5.95 Å². The number of nitrogens with zero attached hydrogens (tertiary/aromatic N) is 3. The first-order chi connectivity index (χ1) is 26.3. The van der Waals surface area contributed by atoms with Crippen LogP contribution in [0.25, 0.3) is 114 Å². The summed E-state index contributed by atoms with van der Waals surface area (Å²) < 4.78 is 11.7. The molecule has 12 aromatic rings. The van der Waals surface area contributed by atoms with E-state index < -0.39 is 0 Å². The minimum Gasteiger partial charge on any atom is -0.455 e. The Balaban J connectivity index is 0.00000341. The van der Waals surface area contributed by atoms with Gasteiger partial charge in [-0.1, -0.05) is 129 Å². The van der Waals surface area contributed by atoms with E-state index in [9.17, 15) is 0 Å². The van der Waals surface area contributed by atoms with Gasteiger partial charge >= 0.3 is 0 Å². The fraction of sp³-hybridized carbons (Fsp3) is 0.0204. The molecule has 254 valence electrons. The molecule has 0 saturated carbocycles. The van der Waals surface area contributed by atoms with E-state index in [1.807, 2.05) is 23.5 Å². The highest BCUT2D eigenvalue weighted by molar-refractivity contribution is 7.25. The molecule has 12 rings (SSSR count). The minimum atomic E-state index is 0. The largest absolute Gasteiger partial charge is 0.455 e. The van der Waals surface area contributed by atoms with Crippen molar-refractivity contribution in [3.63, 3.8) is 0 Å². The third-order valence-electron chi connectivity index (χ3n) is 10.8. The van der Waals surface area contributed by atoms with Crippen LogP contribution in [0, 0.1) is 0 Å². The van der Waals surface area contributed by atoms with Gasteiger partial charge in [0.25, 0.3) is 0 Å². The first-order valence-electron chi connectivity index (χ1n) is 17.8. The second-order valence-electron chi connectivity index (χ2n) is 13.7. The standard InChI is InChI=1S/C48H27N3OS.CH4/c1-2-13-29(14-3-1)45-34-18-6-9-19-38(34)49-48(50-45)51-39-24-22-28-12-4-5-15-31(28)43(39)44-46(51)35(27-37-32-16-7-10-20-40(32)52-47(37)44)30-23-25-42-36(26-30)33-17-8-11-21-41(33)53-42;/h1-27H;1H4. The molecule has 0 spiro atoms. The fourth-order valence-corrected chi connectivity index (χ4v) is 9.53. The zero-order chi connectivity index (χ0) is 34.6. The number of hydrogen-bond acceptors (Lipinski definition) is 4. The van der Waals surface area contributed by atoms with Crippen LogP contribution in [0.2, 0.25) is 0 Å². The average Bonchev–Trinajstić information content (AvgIpc) is 3.90. The first kappa shape index (κ1) is 30.8. The lowest BCUT2D eigenvalue weighted by molar-refractivity contribution is 0.673. The van der Waals surface area contributed by atoms with Crippen LogP contribution < -0.4 is 0 Å². The summed E-state index contributed by atoms with van der Waals surface area (Å²) in [5, 5.41) is 10.3. The summed E-state index contributed by atoms with van der Waals surface area (Å²) in [6.07, 6.45) is 0. The van der Waals surface area contributed by atoms with Crippen molar-refractivity contribution in [2.45, 2.75) is 7.43 Å².